The number of hydrogen-bond donors (Lipinski definition) is 1. The summed E-state index contributed by atoms with van der Waals surface area (Å²) >= 11 is 1.92. The molecular formula is C16H32N2OS. The SMILES string of the molecule is CCC1NC(CC(C)C)C(=O)N1CCCCCCSC. The highest BCUT2D eigenvalue weighted by atomic mass is 32.2. The molecule has 2 atom stereocenters. The Morgan fingerprint density at radius 3 is 2.55 bits per heavy atom. The molecule has 0 aromatic rings. The summed E-state index contributed by atoms with van der Waals surface area (Å²) in [6.07, 6.45) is 9.38. The lowest BCUT2D eigenvalue weighted by molar-refractivity contribution is -0.130. The minimum atomic E-state index is 0.0523. The van der Waals surface area contributed by atoms with E-state index < -0.39 is 0 Å². The van der Waals surface area contributed by atoms with Crippen LogP contribution in [0.15, 0.2) is 0 Å². The monoisotopic (exact) mass is 300 g/mol. The van der Waals surface area contributed by atoms with E-state index in [9.17, 15) is 4.79 Å². The molecule has 118 valence electrons. The number of carbonyl (C=O) groups is 1. The van der Waals surface area contributed by atoms with Crippen molar-refractivity contribution in [3.63, 3.8) is 0 Å². The summed E-state index contributed by atoms with van der Waals surface area (Å²) in [5, 5.41) is 3.51. The molecule has 1 saturated heterocycles. The first-order chi connectivity index (χ1) is 9.60. The van der Waals surface area contributed by atoms with Crippen LogP contribution >= 0.6 is 11.8 Å². The van der Waals surface area contributed by atoms with Gasteiger partial charge in [0.1, 0.15) is 0 Å². The van der Waals surface area contributed by atoms with E-state index in [4.69, 9.17) is 0 Å². The minimum Gasteiger partial charge on any atom is -0.326 e. The van der Waals surface area contributed by atoms with Crippen molar-refractivity contribution in [3.8, 4) is 0 Å². The standard InChI is InChI=1S/C16H32N2OS/c1-5-15-17-14(12-13(2)3)16(19)18(15)10-8-6-7-9-11-20-4/h13-15,17H,5-12H2,1-4H3. The van der Waals surface area contributed by atoms with Gasteiger partial charge in [0, 0.05) is 6.54 Å². The van der Waals surface area contributed by atoms with Crippen molar-refractivity contribution in [3.05, 3.63) is 0 Å². The smallest absolute Gasteiger partial charge is 0.241 e. The van der Waals surface area contributed by atoms with Gasteiger partial charge in [-0.3, -0.25) is 10.1 Å². The Labute approximate surface area is 129 Å². The van der Waals surface area contributed by atoms with Gasteiger partial charge in [-0.2, -0.15) is 11.8 Å². The average molecular weight is 301 g/mol. The van der Waals surface area contributed by atoms with Crippen molar-refractivity contribution < 1.29 is 4.79 Å². The van der Waals surface area contributed by atoms with Crippen molar-refractivity contribution in [1.82, 2.24) is 10.2 Å². The number of unbranched alkanes of at least 4 members (excludes halogenated alkanes) is 3. The van der Waals surface area contributed by atoms with E-state index in [1.807, 2.05) is 11.8 Å². The van der Waals surface area contributed by atoms with Gasteiger partial charge in [-0.15, -0.1) is 0 Å². The molecule has 1 aliphatic rings. The quantitative estimate of drug-likeness (QED) is 0.627. The van der Waals surface area contributed by atoms with Gasteiger partial charge in [0.25, 0.3) is 0 Å². The first-order valence-corrected chi connectivity index (χ1v) is 9.55. The molecule has 0 aromatic carbocycles. The summed E-state index contributed by atoms with van der Waals surface area (Å²) in [4.78, 5) is 14.5. The molecule has 0 spiro atoms. The number of carbonyl (C=O) groups excluding carboxylic acids is 1. The van der Waals surface area contributed by atoms with Crippen LogP contribution in [0.3, 0.4) is 0 Å². The van der Waals surface area contributed by atoms with Gasteiger partial charge in [0.15, 0.2) is 0 Å². The van der Waals surface area contributed by atoms with Crippen molar-refractivity contribution >= 4 is 17.7 Å². The fourth-order valence-electron chi connectivity index (χ4n) is 2.87. The molecule has 0 saturated carbocycles. The number of nitrogens with one attached hydrogen (secondary N) is 1. The summed E-state index contributed by atoms with van der Waals surface area (Å²) < 4.78 is 0. The van der Waals surface area contributed by atoms with Crippen LogP contribution in [0.25, 0.3) is 0 Å². The highest BCUT2D eigenvalue weighted by Crippen LogP contribution is 2.19. The van der Waals surface area contributed by atoms with Crippen LogP contribution in [0.4, 0.5) is 0 Å². The Bertz CT molecular complexity index is 284. The van der Waals surface area contributed by atoms with E-state index in [0.717, 1.165) is 25.8 Å². The molecular weight excluding hydrogens is 268 g/mol. The predicted molar refractivity (Wildman–Crippen MR) is 89.0 cm³/mol. The largest absolute Gasteiger partial charge is 0.326 e. The fourth-order valence-corrected chi connectivity index (χ4v) is 3.37. The van der Waals surface area contributed by atoms with Crippen LogP contribution in [-0.2, 0) is 4.79 Å². The van der Waals surface area contributed by atoms with E-state index in [1.54, 1.807) is 0 Å². The van der Waals surface area contributed by atoms with Crippen molar-refractivity contribution in [2.24, 2.45) is 5.92 Å². The number of hydrogen-bond acceptors (Lipinski definition) is 3. The van der Waals surface area contributed by atoms with Crippen LogP contribution < -0.4 is 5.32 Å². The van der Waals surface area contributed by atoms with E-state index in [1.165, 1.54) is 25.0 Å². The Kier molecular flexibility index (Phi) is 8.62. The van der Waals surface area contributed by atoms with E-state index in [2.05, 4.69) is 37.2 Å². The second-order valence-electron chi connectivity index (χ2n) is 6.21. The third-order valence-corrected chi connectivity index (χ3v) is 4.64. The van der Waals surface area contributed by atoms with Gasteiger partial charge >= 0.3 is 0 Å². The minimum absolute atomic E-state index is 0.0523. The highest BCUT2D eigenvalue weighted by molar-refractivity contribution is 7.98. The molecule has 1 rings (SSSR count). The van der Waals surface area contributed by atoms with Crippen molar-refractivity contribution in [1.29, 1.82) is 0 Å². The second-order valence-corrected chi connectivity index (χ2v) is 7.20. The van der Waals surface area contributed by atoms with Crippen LogP contribution in [-0.4, -0.2) is 41.6 Å². The highest BCUT2D eigenvalue weighted by Gasteiger charge is 2.37. The molecule has 4 heteroatoms. The molecule has 1 amide bonds. The van der Waals surface area contributed by atoms with Crippen molar-refractivity contribution in [2.75, 3.05) is 18.6 Å². The fraction of sp³-hybridized carbons (Fsp3) is 0.938. The summed E-state index contributed by atoms with van der Waals surface area (Å²) in [5.74, 6) is 2.16. The van der Waals surface area contributed by atoms with Gasteiger partial charge in [-0.1, -0.05) is 33.6 Å². The van der Waals surface area contributed by atoms with Crippen LogP contribution in [0.2, 0.25) is 0 Å². The second kappa shape index (κ2) is 9.67. The number of thioether (sulfide) groups is 1. The normalized spacial score (nSPS) is 23.1. The molecule has 1 N–H and O–H groups in total. The summed E-state index contributed by atoms with van der Waals surface area (Å²) in [6.45, 7) is 7.46. The van der Waals surface area contributed by atoms with E-state index in [-0.39, 0.29) is 12.2 Å². The Balaban J connectivity index is 2.33. The molecule has 3 nitrogen and oxygen atoms in total. The molecule has 20 heavy (non-hydrogen) atoms. The first kappa shape index (κ1) is 17.8. The van der Waals surface area contributed by atoms with Crippen LogP contribution in [0.5, 0.6) is 0 Å². The molecule has 1 fully saturated rings. The topological polar surface area (TPSA) is 32.3 Å². The summed E-state index contributed by atoms with van der Waals surface area (Å²) in [6, 6.07) is 0.0523. The maximum Gasteiger partial charge on any atom is 0.241 e. The molecule has 0 aromatic heterocycles. The molecule has 0 radical (unpaired) electrons. The van der Waals surface area contributed by atoms with Gasteiger partial charge in [-0.05, 0) is 43.6 Å². The summed E-state index contributed by atoms with van der Waals surface area (Å²) in [7, 11) is 0. The summed E-state index contributed by atoms with van der Waals surface area (Å²) in [5.41, 5.74) is 0. The molecule has 1 heterocycles. The molecule has 2 unspecified atom stereocenters. The zero-order valence-corrected chi connectivity index (χ0v) is 14.5. The first-order valence-electron chi connectivity index (χ1n) is 8.15. The molecule has 0 aliphatic carbocycles. The predicted octanol–water partition coefficient (Wildman–Crippen LogP) is 3.49. The third kappa shape index (κ3) is 5.65. The van der Waals surface area contributed by atoms with Gasteiger partial charge in [-0.25, -0.2) is 0 Å². The average Bonchev–Trinajstić information content (AvgIpc) is 2.70. The maximum atomic E-state index is 12.4. The Morgan fingerprint density at radius 2 is 1.95 bits per heavy atom. The van der Waals surface area contributed by atoms with Crippen LogP contribution in [0, 0.1) is 5.92 Å². The van der Waals surface area contributed by atoms with E-state index >= 15 is 0 Å². The molecule has 1 aliphatic heterocycles. The lowest BCUT2D eigenvalue weighted by atomic mass is 10.0. The number of rotatable bonds is 10. The lowest BCUT2D eigenvalue weighted by Gasteiger charge is -2.23. The lowest BCUT2D eigenvalue weighted by Crippen LogP contribution is -2.37. The molecule has 0 bridgehead atoms. The zero-order chi connectivity index (χ0) is 15.0. The maximum absolute atomic E-state index is 12.4. The number of amides is 1. The van der Waals surface area contributed by atoms with Gasteiger partial charge < -0.3 is 4.90 Å². The number of nitrogens with zero attached hydrogens (tertiary/aromatic N) is 1. The zero-order valence-electron chi connectivity index (χ0n) is 13.7. The van der Waals surface area contributed by atoms with Gasteiger partial charge in [0.05, 0.1) is 12.2 Å². The van der Waals surface area contributed by atoms with Gasteiger partial charge in [0.2, 0.25) is 5.91 Å². The van der Waals surface area contributed by atoms with Crippen molar-refractivity contribution in [2.45, 2.75) is 71.5 Å². The Hall–Kier alpha value is -0.220. The Morgan fingerprint density at radius 1 is 1.25 bits per heavy atom. The third-order valence-electron chi connectivity index (χ3n) is 3.94. The van der Waals surface area contributed by atoms with Crippen LogP contribution in [0.1, 0.15) is 59.3 Å². The van der Waals surface area contributed by atoms with E-state index in [0.29, 0.717) is 11.8 Å².